The fraction of sp³-hybridized carbons (Fsp3) is 0.474. The average molecular weight is 284 g/mol. The second kappa shape index (κ2) is 5.59. The van der Waals surface area contributed by atoms with Gasteiger partial charge in [-0.05, 0) is 81.5 Å². The fourth-order valence-corrected chi connectivity index (χ4v) is 3.83. The molecule has 2 aliphatic rings. The maximum Gasteiger partial charge on any atom is 0.157 e. The van der Waals surface area contributed by atoms with Gasteiger partial charge in [0.1, 0.15) is 0 Å². The molecule has 0 saturated carbocycles. The van der Waals surface area contributed by atoms with E-state index in [1.54, 1.807) is 23.3 Å². The van der Waals surface area contributed by atoms with E-state index < -0.39 is 0 Å². The molecular weight excluding hydrogens is 260 g/mol. The predicted octanol–water partition coefficient (Wildman–Crippen LogP) is 4.79. The van der Waals surface area contributed by atoms with Crippen molar-refractivity contribution in [2.45, 2.75) is 52.4 Å². The van der Waals surface area contributed by atoms with Crippen molar-refractivity contribution in [1.29, 1.82) is 0 Å². The molecule has 2 N–H and O–H groups in total. The topological polar surface area (TPSA) is 40.5 Å². The van der Waals surface area contributed by atoms with Gasteiger partial charge in [0.05, 0.1) is 0 Å². The van der Waals surface area contributed by atoms with E-state index in [1.165, 1.54) is 24.8 Å². The molecule has 21 heavy (non-hydrogen) atoms. The average Bonchev–Trinajstić information content (AvgIpc) is 2.44. The highest BCUT2D eigenvalue weighted by Crippen LogP contribution is 2.41. The summed E-state index contributed by atoms with van der Waals surface area (Å²) in [5, 5.41) is 19.3. The molecule has 0 fully saturated rings. The maximum atomic E-state index is 9.75. The van der Waals surface area contributed by atoms with Crippen molar-refractivity contribution in [3.8, 4) is 11.5 Å². The zero-order valence-corrected chi connectivity index (χ0v) is 12.9. The molecule has 1 aromatic rings. The molecular formula is C19H24O2. The Labute approximate surface area is 126 Å². The number of rotatable bonds is 2. The van der Waals surface area contributed by atoms with E-state index in [0.717, 1.165) is 30.4 Å². The molecule has 0 amide bonds. The van der Waals surface area contributed by atoms with Crippen LogP contribution in [0.4, 0.5) is 0 Å². The number of benzene rings is 1. The third-order valence-electron chi connectivity index (χ3n) is 5.04. The number of aromatic hydroxyl groups is 2. The second-order valence-corrected chi connectivity index (χ2v) is 6.62. The van der Waals surface area contributed by atoms with Crippen molar-refractivity contribution >= 4 is 0 Å². The van der Waals surface area contributed by atoms with Crippen LogP contribution in [0.15, 0.2) is 34.9 Å². The molecule has 1 atom stereocenters. The van der Waals surface area contributed by atoms with Gasteiger partial charge >= 0.3 is 0 Å². The summed E-state index contributed by atoms with van der Waals surface area (Å²) < 4.78 is 0. The first-order chi connectivity index (χ1) is 10.0. The Hall–Kier alpha value is -1.70. The SMILES string of the molecule is CC1=CCC2=C(CCCC2Cc2cc(O)c(O)cc2C)C1. The van der Waals surface area contributed by atoms with Crippen molar-refractivity contribution in [1.82, 2.24) is 0 Å². The van der Waals surface area contributed by atoms with Gasteiger partial charge in [0.25, 0.3) is 0 Å². The summed E-state index contributed by atoms with van der Waals surface area (Å²) in [5.74, 6) is 0.580. The summed E-state index contributed by atoms with van der Waals surface area (Å²) >= 11 is 0. The molecule has 0 saturated heterocycles. The molecule has 1 unspecified atom stereocenters. The van der Waals surface area contributed by atoms with Crippen LogP contribution in [0.2, 0.25) is 0 Å². The van der Waals surface area contributed by atoms with Gasteiger partial charge < -0.3 is 10.2 Å². The highest BCUT2D eigenvalue weighted by Gasteiger charge is 2.25. The zero-order valence-electron chi connectivity index (χ0n) is 12.9. The number of phenols is 2. The Morgan fingerprint density at radius 2 is 1.90 bits per heavy atom. The number of aryl methyl sites for hydroxylation is 1. The molecule has 2 heteroatoms. The van der Waals surface area contributed by atoms with Gasteiger partial charge in [-0.1, -0.05) is 22.8 Å². The van der Waals surface area contributed by atoms with Crippen LogP contribution in [0.25, 0.3) is 0 Å². The van der Waals surface area contributed by atoms with Gasteiger partial charge in [0.2, 0.25) is 0 Å². The van der Waals surface area contributed by atoms with E-state index >= 15 is 0 Å². The van der Waals surface area contributed by atoms with Gasteiger partial charge in [0.15, 0.2) is 11.5 Å². The van der Waals surface area contributed by atoms with E-state index in [4.69, 9.17) is 0 Å². The molecule has 0 bridgehead atoms. The minimum atomic E-state index is -0.0176. The van der Waals surface area contributed by atoms with Crippen molar-refractivity contribution in [2.75, 3.05) is 0 Å². The van der Waals surface area contributed by atoms with Crippen LogP contribution >= 0.6 is 0 Å². The minimum Gasteiger partial charge on any atom is -0.504 e. The van der Waals surface area contributed by atoms with Crippen LogP contribution in [0.1, 0.15) is 50.2 Å². The molecule has 0 aromatic heterocycles. The summed E-state index contributed by atoms with van der Waals surface area (Å²) in [7, 11) is 0. The molecule has 3 rings (SSSR count). The van der Waals surface area contributed by atoms with Crippen LogP contribution in [0.5, 0.6) is 11.5 Å². The van der Waals surface area contributed by atoms with Gasteiger partial charge in [-0.25, -0.2) is 0 Å². The summed E-state index contributed by atoms with van der Waals surface area (Å²) in [6.45, 7) is 4.24. The van der Waals surface area contributed by atoms with Crippen LogP contribution in [-0.2, 0) is 6.42 Å². The van der Waals surface area contributed by atoms with E-state index in [0.29, 0.717) is 5.92 Å². The molecule has 0 heterocycles. The Kier molecular flexibility index (Phi) is 3.79. The van der Waals surface area contributed by atoms with Crippen molar-refractivity contribution in [3.05, 3.63) is 46.1 Å². The zero-order chi connectivity index (χ0) is 15.0. The first-order valence-corrected chi connectivity index (χ1v) is 7.92. The summed E-state index contributed by atoms with van der Waals surface area (Å²) in [5.41, 5.74) is 7.04. The second-order valence-electron chi connectivity index (χ2n) is 6.62. The lowest BCUT2D eigenvalue weighted by Gasteiger charge is -2.32. The molecule has 0 radical (unpaired) electrons. The standard InChI is InChI=1S/C19H24O2/c1-12-6-7-17-14(8-12)4-3-5-15(17)10-16-11-19(21)18(20)9-13(16)2/h6,9,11,15,20-21H,3-5,7-8,10H2,1-2H3. The van der Waals surface area contributed by atoms with Crippen LogP contribution in [-0.4, -0.2) is 10.2 Å². The van der Waals surface area contributed by atoms with Gasteiger partial charge in [-0.3, -0.25) is 0 Å². The lowest BCUT2D eigenvalue weighted by molar-refractivity contribution is 0.401. The van der Waals surface area contributed by atoms with E-state index in [1.807, 2.05) is 6.92 Å². The quantitative estimate of drug-likeness (QED) is 0.606. The molecule has 0 spiro atoms. The monoisotopic (exact) mass is 284 g/mol. The molecule has 0 aliphatic heterocycles. The Balaban J connectivity index is 1.85. The van der Waals surface area contributed by atoms with Gasteiger partial charge in [-0.2, -0.15) is 0 Å². The van der Waals surface area contributed by atoms with Crippen LogP contribution in [0, 0.1) is 12.8 Å². The number of allylic oxidation sites excluding steroid dienone is 4. The summed E-state index contributed by atoms with van der Waals surface area (Å²) in [6.07, 6.45) is 9.40. The smallest absolute Gasteiger partial charge is 0.157 e. The van der Waals surface area contributed by atoms with E-state index in [-0.39, 0.29) is 11.5 Å². The largest absolute Gasteiger partial charge is 0.504 e. The van der Waals surface area contributed by atoms with Gasteiger partial charge in [-0.15, -0.1) is 0 Å². The number of phenolic OH excluding ortho intramolecular Hbond substituents is 2. The van der Waals surface area contributed by atoms with Crippen molar-refractivity contribution < 1.29 is 10.2 Å². The molecule has 2 nitrogen and oxygen atoms in total. The fourth-order valence-electron chi connectivity index (χ4n) is 3.83. The maximum absolute atomic E-state index is 9.75. The Morgan fingerprint density at radius 3 is 2.71 bits per heavy atom. The Morgan fingerprint density at radius 1 is 1.14 bits per heavy atom. The molecule has 2 aliphatic carbocycles. The predicted molar refractivity (Wildman–Crippen MR) is 85.6 cm³/mol. The first kappa shape index (κ1) is 14.2. The Bertz CT molecular complexity index is 623. The normalized spacial score (nSPS) is 22.0. The van der Waals surface area contributed by atoms with E-state index in [2.05, 4.69) is 13.0 Å². The summed E-state index contributed by atoms with van der Waals surface area (Å²) in [6, 6.07) is 3.41. The van der Waals surface area contributed by atoms with Crippen molar-refractivity contribution in [2.24, 2.45) is 5.92 Å². The highest BCUT2D eigenvalue weighted by atomic mass is 16.3. The lowest BCUT2D eigenvalue weighted by Crippen LogP contribution is -2.17. The third-order valence-corrected chi connectivity index (χ3v) is 5.04. The lowest BCUT2D eigenvalue weighted by atomic mass is 9.74. The van der Waals surface area contributed by atoms with Crippen molar-refractivity contribution in [3.63, 3.8) is 0 Å². The molecule has 1 aromatic carbocycles. The highest BCUT2D eigenvalue weighted by molar-refractivity contribution is 5.46. The molecule has 112 valence electrons. The van der Waals surface area contributed by atoms with Crippen LogP contribution < -0.4 is 0 Å². The van der Waals surface area contributed by atoms with E-state index in [9.17, 15) is 10.2 Å². The van der Waals surface area contributed by atoms with Gasteiger partial charge in [0, 0.05) is 0 Å². The van der Waals surface area contributed by atoms with Crippen LogP contribution in [0.3, 0.4) is 0 Å². The minimum absolute atomic E-state index is 0.00000283. The summed E-state index contributed by atoms with van der Waals surface area (Å²) in [4.78, 5) is 0. The first-order valence-electron chi connectivity index (χ1n) is 7.92. The number of hydrogen-bond donors (Lipinski definition) is 2. The number of hydrogen-bond acceptors (Lipinski definition) is 2. The third kappa shape index (κ3) is 2.85.